The van der Waals surface area contributed by atoms with Crippen molar-refractivity contribution in [3.05, 3.63) is 48.5 Å². The molecule has 2 aromatic carbocycles. The fourth-order valence-electron chi connectivity index (χ4n) is 2.16. The third-order valence-corrected chi connectivity index (χ3v) is 4.13. The minimum atomic E-state index is -0.535. The Labute approximate surface area is 153 Å². The van der Waals surface area contributed by atoms with Gasteiger partial charge in [0.1, 0.15) is 17.0 Å². The molecule has 3 rings (SSSR count). The van der Waals surface area contributed by atoms with Gasteiger partial charge in [-0.15, -0.1) is 0 Å². The zero-order valence-corrected chi connectivity index (χ0v) is 14.7. The number of para-hydroxylation sites is 4. The Morgan fingerprint density at radius 1 is 1.15 bits per heavy atom. The molecule has 134 valence electrons. The number of amides is 1. The lowest BCUT2D eigenvalue weighted by atomic mass is 10.3. The van der Waals surface area contributed by atoms with Crippen LogP contribution in [0.2, 0.25) is 0 Å². The van der Waals surface area contributed by atoms with E-state index >= 15 is 0 Å². The van der Waals surface area contributed by atoms with E-state index in [4.69, 9.17) is 13.9 Å². The van der Waals surface area contributed by atoms with Gasteiger partial charge < -0.3 is 19.2 Å². The molecule has 0 aliphatic heterocycles. The Morgan fingerprint density at radius 3 is 2.73 bits per heavy atom. The van der Waals surface area contributed by atoms with Crippen LogP contribution in [0.25, 0.3) is 11.1 Å². The van der Waals surface area contributed by atoms with Crippen molar-refractivity contribution in [2.75, 3.05) is 24.8 Å². The third-order valence-electron chi connectivity index (χ3n) is 3.33. The predicted molar refractivity (Wildman–Crippen MR) is 97.3 cm³/mol. The highest BCUT2D eigenvalue weighted by Crippen LogP contribution is 2.24. The van der Waals surface area contributed by atoms with Crippen LogP contribution in [0.3, 0.4) is 0 Å². The zero-order valence-electron chi connectivity index (χ0n) is 13.9. The highest BCUT2D eigenvalue weighted by molar-refractivity contribution is 7.99. The monoisotopic (exact) mass is 372 g/mol. The summed E-state index contributed by atoms with van der Waals surface area (Å²) in [5, 5.41) is 3.01. The van der Waals surface area contributed by atoms with Crippen LogP contribution < -0.4 is 10.1 Å². The third kappa shape index (κ3) is 4.54. The summed E-state index contributed by atoms with van der Waals surface area (Å²) in [7, 11) is 1.51. The number of methoxy groups -OCH3 is 1. The van der Waals surface area contributed by atoms with Crippen LogP contribution in [0.15, 0.2) is 58.2 Å². The number of hydrogen-bond donors (Lipinski definition) is 1. The van der Waals surface area contributed by atoms with Crippen LogP contribution in [0.1, 0.15) is 0 Å². The van der Waals surface area contributed by atoms with Crippen LogP contribution in [-0.4, -0.2) is 36.3 Å². The van der Waals surface area contributed by atoms with E-state index in [2.05, 4.69) is 10.3 Å². The van der Waals surface area contributed by atoms with Gasteiger partial charge in [0.05, 0.1) is 12.8 Å². The first kappa shape index (κ1) is 17.8. The molecule has 0 aliphatic carbocycles. The Hall–Kier alpha value is -3.00. The number of benzene rings is 2. The lowest BCUT2D eigenvalue weighted by molar-refractivity contribution is -0.144. The molecule has 0 atom stereocenters. The molecule has 0 saturated heterocycles. The number of thioether (sulfide) groups is 1. The minimum Gasteiger partial charge on any atom is -0.495 e. The number of carbonyl (C=O) groups excluding carboxylic acids is 2. The molecule has 0 unspecified atom stereocenters. The van der Waals surface area contributed by atoms with E-state index in [9.17, 15) is 9.59 Å². The molecule has 1 aromatic heterocycles. The van der Waals surface area contributed by atoms with Crippen molar-refractivity contribution < 1.29 is 23.5 Å². The van der Waals surface area contributed by atoms with Gasteiger partial charge in [-0.2, -0.15) is 0 Å². The van der Waals surface area contributed by atoms with Gasteiger partial charge in [-0.25, -0.2) is 4.98 Å². The van der Waals surface area contributed by atoms with Gasteiger partial charge in [0.25, 0.3) is 11.1 Å². The summed E-state index contributed by atoms with van der Waals surface area (Å²) in [4.78, 5) is 27.9. The standard InChI is InChI=1S/C18H16N2O5S/c1-23-14-8-4-2-6-12(14)19-16(21)10-24-17(22)11-26-18-20-13-7-3-5-9-15(13)25-18/h2-9H,10-11H2,1H3,(H,19,21). The van der Waals surface area contributed by atoms with Crippen molar-refractivity contribution in [1.29, 1.82) is 0 Å². The molecule has 7 nitrogen and oxygen atoms in total. The smallest absolute Gasteiger partial charge is 0.316 e. The Kier molecular flexibility index (Phi) is 5.75. The van der Waals surface area contributed by atoms with Crippen molar-refractivity contribution in [1.82, 2.24) is 4.98 Å². The van der Waals surface area contributed by atoms with Gasteiger partial charge >= 0.3 is 5.97 Å². The zero-order chi connectivity index (χ0) is 18.4. The molecule has 0 radical (unpaired) electrons. The minimum absolute atomic E-state index is 0.00520. The van der Waals surface area contributed by atoms with E-state index in [0.29, 0.717) is 22.2 Å². The average Bonchev–Trinajstić information content (AvgIpc) is 3.08. The van der Waals surface area contributed by atoms with Crippen molar-refractivity contribution in [3.63, 3.8) is 0 Å². The van der Waals surface area contributed by atoms with E-state index in [1.54, 1.807) is 30.3 Å². The quantitative estimate of drug-likeness (QED) is 0.503. The van der Waals surface area contributed by atoms with Crippen molar-refractivity contribution in [2.45, 2.75) is 5.22 Å². The number of carbonyl (C=O) groups is 2. The van der Waals surface area contributed by atoms with E-state index in [-0.39, 0.29) is 12.4 Å². The predicted octanol–water partition coefficient (Wildman–Crippen LogP) is 3.11. The van der Waals surface area contributed by atoms with Gasteiger partial charge in [-0.3, -0.25) is 9.59 Å². The summed E-state index contributed by atoms with van der Waals surface area (Å²) in [6.07, 6.45) is 0. The Bertz CT molecular complexity index is 892. The van der Waals surface area contributed by atoms with Gasteiger partial charge in [0, 0.05) is 0 Å². The first-order chi connectivity index (χ1) is 12.7. The molecule has 0 aliphatic rings. The normalized spacial score (nSPS) is 10.5. The largest absolute Gasteiger partial charge is 0.495 e. The SMILES string of the molecule is COc1ccccc1NC(=O)COC(=O)CSc1nc2ccccc2o1. The van der Waals surface area contributed by atoms with Crippen LogP contribution in [0, 0.1) is 0 Å². The van der Waals surface area contributed by atoms with E-state index in [1.807, 2.05) is 18.2 Å². The average molecular weight is 372 g/mol. The molecule has 3 aromatic rings. The molecule has 26 heavy (non-hydrogen) atoms. The second kappa shape index (κ2) is 8.39. The van der Waals surface area contributed by atoms with E-state index in [0.717, 1.165) is 17.3 Å². The number of nitrogens with one attached hydrogen (secondary N) is 1. The Morgan fingerprint density at radius 2 is 1.92 bits per heavy atom. The molecule has 0 spiro atoms. The molecule has 1 heterocycles. The van der Waals surface area contributed by atoms with Gasteiger partial charge in [0.2, 0.25) is 0 Å². The number of anilines is 1. The summed E-state index contributed by atoms with van der Waals surface area (Å²) in [6.45, 7) is -0.384. The number of esters is 1. The molecule has 8 heteroatoms. The van der Waals surface area contributed by atoms with Gasteiger partial charge in [-0.1, -0.05) is 36.0 Å². The van der Waals surface area contributed by atoms with Crippen molar-refractivity contribution >= 4 is 40.4 Å². The maximum absolute atomic E-state index is 11.9. The second-order valence-electron chi connectivity index (χ2n) is 5.15. The van der Waals surface area contributed by atoms with Gasteiger partial charge in [-0.05, 0) is 24.3 Å². The first-order valence-electron chi connectivity index (χ1n) is 7.72. The molecule has 1 N–H and O–H groups in total. The highest BCUT2D eigenvalue weighted by Gasteiger charge is 2.13. The fourth-order valence-corrected chi connectivity index (χ4v) is 2.79. The molecule has 0 bridgehead atoms. The number of rotatable bonds is 7. The lowest BCUT2D eigenvalue weighted by Gasteiger charge is -2.09. The first-order valence-corrected chi connectivity index (χ1v) is 8.71. The topological polar surface area (TPSA) is 90.7 Å². The fraction of sp³-hybridized carbons (Fsp3) is 0.167. The molecule has 0 saturated carbocycles. The van der Waals surface area contributed by atoms with E-state index in [1.165, 1.54) is 7.11 Å². The summed E-state index contributed by atoms with van der Waals surface area (Å²) in [5.41, 5.74) is 1.89. The lowest BCUT2D eigenvalue weighted by Crippen LogP contribution is -2.21. The second-order valence-corrected chi connectivity index (χ2v) is 6.07. The summed E-state index contributed by atoms with van der Waals surface area (Å²) in [5.74, 6) is -0.463. The molecule has 0 fully saturated rings. The van der Waals surface area contributed by atoms with Crippen LogP contribution in [-0.2, 0) is 14.3 Å². The van der Waals surface area contributed by atoms with Gasteiger partial charge in [0.15, 0.2) is 12.2 Å². The van der Waals surface area contributed by atoms with Crippen LogP contribution in [0.5, 0.6) is 5.75 Å². The van der Waals surface area contributed by atoms with Crippen molar-refractivity contribution in [2.24, 2.45) is 0 Å². The maximum atomic E-state index is 11.9. The summed E-state index contributed by atoms with van der Waals surface area (Å²) >= 11 is 1.11. The van der Waals surface area contributed by atoms with Crippen LogP contribution >= 0.6 is 11.8 Å². The number of nitrogens with zero attached hydrogens (tertiary/aromatic N) is 1. The molecule has 1 amide bonds. The number of aromatic nitrogens is 1. The van der Waals surface area contributed by atoms with Crippen LogP contribution in [0.4, 0.5) is 5.69 Å². The number of oxazole rings is 1. The summed E-state index contributed by atoms with van der Waals surface area (Å²) < 4.78 is 15.6. The Balaban J connectivity index is 1.45. The number of ether oxygens (including phenoxy) is 2. The number of hydrogen-bond acceptors (Lipinski definition) is 7. The molecular weight excluding hydrogens is 356 g/mol. The highest BCUT2D eigenvalue weighted by atomic mass is 32.2. The molecular formula is C18H16N2O5S. The van der Waals surface area contributed by atoms with E-state index < -0.39 is 11.9 Å². The maximum Gasteiger partial charge on any atom is 0.316 e. The number of fused-ring (bicyclic) bond motifs is 1. The van der Waals surface area contributed by atoms with Crippen molar-refractivity contribution in [3.8, 4) is 5.75 Å². The summed E-state index contributed by atoms with van der Waals surface area (Å²) in [6, 6.07) is 14.3.